The maximum Gasteiger partial charge on any atom is 0.411 e. The van der Waals surface area contributed by atoms with E-state index in [0.717, 1.165) is 4.90 Å². The molecule has 1 aliphatic carbocycles. The van der Waals surface area contributed by atoms with Gasteiger partial charge in [-0.25, -0.2) is 18.4 Å². The van der Waals surface area contributed by atoms with Gasteiger partial charge in [0.1, 0.15) is 11.6 Å². The third kappa shape index (κ3) is 2.37. The van der Waals surface area contributed by atoms with E-state index in [1.54, 1.807) is 20.8 Å². The van der Waals surface area contributed by atoms with Crippen LogP contribution >= 0.6 is 0 Å². The fourth-order valence-corrected chi connectivity index (χ4v) is 2.70. The van der Waals surface area contributed by atoms with Crippen LogP contribution in [0.2, 0.25) is 0 Å². The zero-order chi connectivity index (χ0) is 14.6. The highest BCUT2D eigenvalue weighted by Crippen LogP contribution is 2.54. The van der Waals surface area contributed by atoms with E-state index >= 15 is 0 Å². The summed E-state index contributed by atoms with van der Waals surface area (Å²) in [4.78, 5) is 24.1. The van der Waals surface area contributed by atoms with Gasteiger partial charge in [-0.05, 0) is 27.2 Å². The van der Waals surface area contributed by atoms with Gasteiger partial charge in [-0.3, -0.25) is 4.90 Å². The first kappa shape index (κ1) is 14.0. The van der Waals surface area contributed by atoms with Crippen LogP contribution in [-0.4, -0.2) is 45.7 Å². The number of ether oxygens (including phenoxy) is 1. The molecule has 5 nitrogen and oxygen atoms in total. The number of carbonyl (C=O) groups excluding carboxylic acids is 1. The summed E-state index contributed by atoms with van der Waals surface area (Å²) in [6.45, 7) is 4.93. The lowest BCUT2D eigenvalue weighted by atomic mass is 9.76. The molecule has 0 aromatic heterocycles. The van der Waals surface area contributed by atoms with E-state index in [2.05, 4.69) is 0 Å². The highest BCUT2D eigenvalue weighted by molar-refractivity contribution is 5.81. The summed E-state index contributed by atoms with van der Waals surface area (Å²) < 4.78 is 31.8. The molecule has 3 unspecified atom stereocenters. The standard InChI is InChI=1S/C12H17F2NO4/c1-11(2,3)19-10(18)15-7(9(16)17)4-6-8(15)5-12(6,13)14/h6-8H,4-5H2,1-3H3,(H,16,17). The van der Waals surface area contributed by atoms with Gasteiger partial charge < -0.3 is 9.84 Å². The molecule has 0 radical (unpaired) electrons. The Morgan fingerprint density at radius 3 is 2.37 bits per heavy atom. The van der Waals surface area contributed by atoms with E-state index < -0.39 is 48.0 Å². The molecule has 1 N–H and O–H groups in total. The quantitative estimate of drug-likeness (QED) is 0.797. The van der Waals surface area contributed by atoms with Gasteiger partial charge in [0.15, 0.2) is 0 Å². The Morgan fingerprint density at radius 1 is 1.37 bits per heavy atom. The molecule has 108 valence electrons. The number of fused-ring (bicyclic) bond motifs is 1. The first-order valence-corrected chi connectivity index (χ1v) is 6.15. The fraction of sp³-hybridized carbons (Fsp3) is 0.833. The summed E-state index contributed by atoms with van der Waals surface area (Å²) in [5.41, 5.74) is -0.787. The van der Waals surface area contributed by atoms with E-state index in [-0.39, 0.29) is 6.42 Å². The van der Waals surface area contributed by atoms with Crippen molar-refractivity contribution in [2.24, 2.45) is 5.92 Å². The second-order valence-corrected chi connectivity index (χ2v) is 6.12. The lowest BCUT2D eigenvalue weighted by molar-refractivity contribution is -0.157. The van der Waals surface area contributed by atoms with Crippen molar-refractivity contribution in [1.82, 2.24) is 4.90 Å². The number of nitrogens with zero attached hydrogens (tertiary/aromatic N) is 1. The number of hydrogen-bond donors (Lipinski definition) is 1. The largest absolute Gasteiger partial charge is 0.480 e. The minimum absolute atomic E-state index is 0.216. The molecule has 0 aromatic rings. The van der Waals surface area contributed by atoms with Crippen molar-refractivity contribution in [3.63, 3.8) is 0 Å². The van der Waals surface area contributed by atoms with Crippen LogP contribution in [0.25, 0.3) is 0 Å². The van der Waals surface area contributed by atoms with Crippen molar-refractivity contribution < 1.29 is 28.2 Å². The van der Waals surface area contributed by atoms with Crippen molar-refractivity contribution in [1.29, 1.82) is 0 Å². The highest BCUT2D eigenvalue weighted by atomic mass is 19.3. The summed E-state index contributed by atoms with van der Waals surface area (Å²) in [5.74, 6) is -5.22. The van der Waals surface area contributed by atoms with Crippen LogP contribution in [0, 0.1) is 5.92 Å². The topological polar surface area (TPSA) is 66.8 Å². The monoisotopic (exact) mass is 277 g/mol. The summed E-state index contributed by atoms with van der Waals surface area (Å²) in [7, 11) is 0. The highest BCUT2D eigenvalue weighted by Gasteiger charge is 2.66. The first-order chi connectivity index (χ1) is 8.53. The summed E-state index contributed by atoms with van der Waals surface area (Å²) in [6, 6.07) is -1.95. The minimum Gasteiger partial charge on any atom is -0.480 e. The Kier molecular flexibility index (Phi) is 2.98. The second kappa shape index (κ2) is 4.05. The van der Waals surface area contributed by atoms with E-state index in [4.69, 9.17) is 9.84 Å². The minimum atomic E-state index is -2.88. The summed E-state index contributed by atoms with van der Waals surface area (Å²) in [5, 5.41) is 9.07. The Labute approximate surface area is 109 Å². The fourth-order valence-electron chi connectivity index (χ4n) is 2.70. The van der Waals surface area contributed by atoms with Gasteiger partial charge in [0.05, 0.1) is 6.04 Å². The SMILES string of the molecule is CC(C)(C)OC(=O)N1C(C(=O)O)CC2C1CC2(F)F. The molecule has 19 heavy (non-hydrogen) atoms. The zero-order valence-electron chi connectivity index (χ0n) is 11.0. The van der Waals surface area contributed by atoms with E-state index in [0.29, 0.717) is 0 Å². The number of alkyl halides is 2. The number of carboxylic acid groups (broad SMARTS) is 1. The zero-order valence-corrected chi connectivity index (χ0v) is 11.0. The molecule has 0 aromatic carbocycles. The van der Waals surface area contributed by atoms with Gasteiger partial charge in [0.2, 0.25) is 0 Å². The van der Waals surface area contributed by atoms with Crippen molar-refractivity contribution in [3.05, 3.63) is 0 Å². The Bertz CT molecular complexity index is 418. The van der Waals surface area contributed by atoms with E-state index in [9.17, 15) is 18.4 Å². The van der Waals surface area contributed by atoms with Gasteiger partial charge >= 0.3 is 12.1 Å². The Hall–Kier alpha value is -1.40. The lowest BCUT2D eigenvalue weighted by Crippen LogP contribution is -2.57. The van der Waals surface area contributed by atoms with Crippen LogP contribution in [0.4, 0.5) is 13.6 Å². The first-order valence-electron chi connectivity index (χ1n) is 6.15. The molecule has 1 aliphatic heterocycles. The number of amides is 1. The number of hydrogen-bond acceptors (Lipinski definition) is 3. The van der Waals surface area contributed by atoms with Crippen molar-refractivity contribution in [3.8, 4) is 0 Å². The number of halogens is 2. The van der Waals surface area contributed by atoms with Gasteiger partial charge in [-0.2, -0.15) is 0 Å². The maximum absolute atomic E-state index is 13.3. The number of carbonyl (C=O) groups is 2. The number of rotatable bonds is 1. The molecular weight excluding hydrogens is 260 g/mol. The molecule has 1 amide bonds. The maximum atomic E-state index is 13.3. The molecule has 7 heteroatoms. The third-order valence-corrected chi connectivity index (χ3v) is 3.55. The van der Waals surface area contributed by atoms with Crippen LogP contribution in [-0.2, 0) is 9.53 Å². The molecule has 1 saturated heterocycles. The van der Waals surface area contributed by atoms with E-state index in [1.165, 1.54) is 0 Å². The number of likely N-dealkylation sites (tertiary alicyclic amines) is 1. The summed E-state index contributed by atoms with van der Waals surface area (Å²) >= 11 is 0. The Balaban J connectivity index is 2.18. The number of carboxylic acids is 1. The normalized spacial score (nSPS) is 32.5. The average Bonchev–Trinajstić information content (AvgIpc) is 2.50. The van der Waals surface area contributed by atoms with Crippen LogP contribution in [0.5, 0.6) is 0 Å². The smallest absolute Gasteiger partial charge is 0.411 e. The van der Waals surface area contributed by atoms with Crippen LogP contribution in [0.15, 0.2) is 0 Å². The molecule has 1 heterocycles. The van der Waals surface area contributed by atoms with Crippen LogP contribution < -0.4 is 0 Å². The molecule has 3 atom stereocenters. The van der Waals surface area contributed by atoms with Gasteiger partial charge in [0.25, 0.3) is 5.92 Å². The molecule has 2 aliphatic rings. The van der Waals surface area contributed by atoms with Crippen LogP contribution in [0.3, 0.4) is 0 Å². The predicted octanol–water partition coefficient (Wildman–Crippen LogP) is 2.10. The van der Waals surface area contributed by atoms with Crippen molar-refractivity contribution in [2.75, 3.05) is 0 Å². The predicted molar refractivity (Wildman–Crippen MR) is 61.0 cm³/mol. The molecule has 2 rings (SSSR count). The third-order valence-electron chi connectivity index (χ3n) is 3.55. The van der Waals surface area contributed by atoms with Gasteiger partial charge in [0, 0.05) is 12.3 Å². The summed E-state index contributed by atoms with van der Waals surface area (Å²) in [6.07, 6.45) is -1.53. The van der Waals surface area contributed by atoms with Gasteiger partial charge in [-0.15, -0.1) is 0 Å². The molecule has 1 saturated carbocycles. The molecule has 0 spiro atoms. The Morgan fingerprint density at radius 2 is 1.95 bits per heavy atom. The van der Waals surface area contributed by atoms with Crippen LogP contribution in [0.1, 0.15) is 33.6 Å². The van der Waals surface area contributed by atoms with Crippen molar-refractivity contribution in [2.45, 2.75) is 57.2 Å². The lowest BCUT2D eigenvalue weighted by Gasteiger charge is -2.43. The van der Waals surface area contributed by atoms with Gasteiger partial charge in [-0.1, -0.05) is 0 Å². The van der Waals surface area contributed by atoms with Crippen molar-refractivity contribution >= 4 is 12.1 Å². The number of aliphatic carboxylic acids is 1. The second-order valence-electron chi connectivity index (χ2n) is 6.12. The average molecular weight is 277 g/mol. The molecule has 2 fully saturated rings. The molecule has 0 bridgehead atoms. The molecular formula is C12H17F2NO4. The van der Waals surface area contributed by atoms with E-state index in [1.807, 2.05) is 0 Å².